The lowest BCUT2D eigenvalue weighted by atomic mass is 9.86. The van der Waals surface area contributed by atoms with Crippen LogP contribution in [-0.4, -0.2) is 91.8 Å². The van der Waals surface area contributed by atoms with Gasteiger partial charge in [0.15, 0.2) is 29.1 Å². The highest BCUT2D eigenvalue weighted by Crippen LogP contribution is 2.50. The first-order chi connectivity index (χ1) is 18.6. The van der Waals surface area contributed by atoms with Crippen LogP contribution in [-0.2, 0) is 19.0 Å². The van der Waals surface area contributed by atoms with Crippen molar-refractivity contribution in [3.63, 3.8) is 0 Å². The lowest BCUT2D eigenvalue weighted by Crippen LogP contribution is -2.58. The van der Waals surface area contributed by atoms with Crippen molar-refractivity contribution < 1.29 is 63.2 Å². The largest absolute Gasteiger partial charge is 0.504 e. The van der Waals surface area contributed by atoms with Gasteiger partial charge in [-0.2, -0.15) is 0 Å². The number of rotatable bonds is 8. The highest BCUT2D eigenvalue weighted by molar-refractivity contribution is 5.95. The van der Waals surface area contributed by atoms with Crippen LogP contribution in [0.4, 0.5) is 0 Å². The number of benzene rings is 2. The maximum atomic E-state index is 12.5. The molecule has 0 aliphatic carbocycles. The highest BCUT2D eigenvalue weighted by Gasteiger charge is 2.52. The third kappa shape index (κ3) is 5.11. The smallest absolute Gasteiger partial charge is 0.339 e. The maximum absolute atomic E-state index is 12.5. The van der Waals surface area contributed by atoms with Crippen molar-refractivity contribution >= 4 is 18.0 Å². The minimum atomic E-state index is -1.64. The van der Waals surface area contributed by atoms with Gasteiger partial charge < -0.3 is 53.6 Å². The Morgan fingerprint density at radius 1 is 0.949 bits per heavy atom. The Bertz CT molecular complexity index is 1260. The number of fused-ring (bicyclic) bond motifs is 3. The molecule has 0 saturated carbocycles. The van der Waals surface area contributed by atoms with E-state index >= 15 is 0 Å². The molecule has 13 nitrogen and oxygen atoms in total. The Morgan fingerprint density at radius 2 is 1.59 bits per heavy atom. The van der Waals surface area contributed by atoms with E-state index in [-0.39, 0.29) is 16.9 Å². The molecule has 0 spiro atoms. The van der Waals surface area contributed by atoms with Crippen molar-refractivity contribution in [2.75, 3.05) is 35.0 Å². The number of phenolic OH excluding ortho intramolecular Hbond substituents is 2. The molecule has 2 heterocycles. The fourth-order valence-corrected chi connectivity index (χ4v) is 4.51. The maximum Gasteiger partial charge on any atom is 0.339 e. The fourth-order valence-electron chi connectivity index (χ4n) is 4.51. The number of hydrogen-bond donors (Lipinski definition) is 4. The van der Waals surface area contributed by atoms with E-state index in [2.05, 4.69) is 0 Å². The van der Waals surface area contributed by atoms with Crippen molar-refractivity contribution in [1.29, 1.82) is 0 Å². The number of phenols is 2. The zero-order valence-corrected chi connectivity index (χ0v) is 21.4. The third-order valence-corrected chi connectivity index (χ3v) is 6.40. The zero-order chi connectivity index (χ0) is 28.4. The number of carbonyl (C=O) groups excluding carboxylic acids is 2. The van der Waals surface area contributed by atoms with Crippen LogP contribution in [0.1, 0.15) is 27.6 Å². The van der Waals surface area contributed by atoms with E-state index in [0.717, 1.165) is 12.1 Å². The summed E-state index contributed by atoms with van der Waals surface area (Å²) in [7, 11) is 5.58. The number of aromatic hydroxyl groups is 2. The Kier molecular flexibility index (Phi) is 8.04. The minimum absolute atomic E-state index is 0.101. The molecule has 2 aliphatic heterocycles. The first-order valence-corrected chi connectivity index (χ1v) is 11.6. The lowest BCUT2D eigenvalue weighted by molar-refractivity contribution is -0.237. The molecule has 0 amide bonds. The quantitative estimate of drug-likeness (QED) is 0.272. The van der Waals surface area contributed by atoms with Gasteiger partial charge in [0.05, 0.1) is 34.0 Å². The van der Waals surface area contributed by atoms with Crippen LogP contribution in [0.2, 0.25) is 0 Å². The van der Waals surface area contributed by atoms with E-state index in [1.807, 2.05) is 0 Å². The standard InChI is InChI=1S/C26H28O13/c1-33-14-7-11(8-15(34-2)23(14)36-4)5-6-17(28)37-10-16-19(29)21(31)25-24(38-16)18-12(26(32)39-25)9-13(27)22(35-3)20(18)30/h5-9,16,19,21,24-25,27,29-31H,10H2,1-4H3/b6-5+/t16-,19-,21+,24+,25-/m1/s1. The van der Waals surface area contributed by atoms with E-state index in [9.17, 15) is 30.0 Å². The van der Waals surface area contributed by atoms with Gasteiger partial charge in [0.25, 0.3) is 0 Å². The van der Waals surface area contributed by atoms with Gasteiger partial charge in [0.2, 0.25) is 11.5 Å². The summed E-state index contributed by atoms with van der Waals surface area (Å²) in [5.41, 5.74) is 0.233. The number of carbonyl (C=O) groups is 2. The summed E-state index contributed by atoms with van der Waals surface area (Å²) in [5.74, 6) is -2.00. The van der Waals surface area contributed by atoms with Crippen LogP contribution in [0.5, 0.6) is 34.5 Å². The van der Waals surface area contributed by atoms with Crippen molar-refractivity contribution in [2.45, 2.75) is 30.5 Å². The second-order valence-corrected chi connectivity index (χ2v) is 8.61. The van der Waals surface area contributed by atoms with Crippen LogP contribution in [0.25, 0.3) is 6.08 Å². The first kappa shape index (κ1) is 27.8. The van der Waals surface area contributed by atoms with E-state index < -0.39 is 60.6 Å². The van der Waals surface area contributed by atoms with Crippen molar-refractivity contribution in [2.24, 2.45) is 0 Å². The van der Waals surface area contributed by atoms with Crippen LogP contribution in [0, 0.1) is 0 Å². The van der Waals surface area contributed by atoms with Gasteiger partial charge in [-0.05, 0) is 29.8 Å². The predicted molar refractivity (Wildman–Crippen MR) is 131 cm³/mol. The molecular formula is C26H28O13. The number of methoxy groups -OCH3 is 4. The van der Waals surface area contributed by atoms with Crippen LogP contribution in [0.3, 0.4) is 0 Å². The average Bonchev–Trinajstić information content (AvgIpc) is 2.93. The lowest BCUT2D eigenvalue weighted by Gasteiger charge is -2.44. The molecule has 2 aromatic rings. The molecular weight excluding hydrogens is 520 g/mol. The molecule has 1 saturated heterocycles. The number of hydrogen-bond acceptors (Lipinski definition) is 13. The Morgan fingerprint density at radius 3 is 2.18 bits per heavy atom. The fraction of sp³-hybridized carbons (Fsp3) is 0.385. The Balaban J connectivity index is 1.51. The molecule has 1 fully saturated rings. The van der Waals surface area contributed by atoms with Crippen LogP contribution >= 0.6 is 0 Å². The summed E-state index contributed by atoms with van der Waals surface area (Å²) in [6.07, 6.45) is -4.57. The number of aliphatic hydroxyl groups is 2. The second kappa shape index (κ2) is 11.3. The van der Waals surface area contributed by atoms with Gasteiger partial charge >= 0.3 is 11.9 Å². The van der Waals surface area contributed by atoms with Crippen LogP contribution < -0.4 is 18.9 Å². The van der Waals surface area contributed by atoms with Crippen molar-refractivity contribution in [3.05, 3.63) is 41.0 Å². The summed E-state index contributed by atoms with van der Waals surface area (Å²) in [6.45, 7) is -0.487. The molecule has 13 heteroatoms. The average molecular weight is 548 g/mol. The predicted octanol–water partition coefficient (Wildman–Crippen LogP) is 1.09. The van der Waals surface area contributed by atoms with Crippen LogP contribution in [0.15, 0.2) is 24.3 Å². The van der Waals surface area contributed by atoms with Crippen molar-refractivity contribution in [3.8, 4) is 34.5 Å². The van der Waals surface area contributed by atoms with Gasteiger partial charge in [-0.3, -0.25) is 0 Å². The van der Waals surface area contributed by atoms with E-state index in [0.29, 0.717) is 22.8 Å². The zero-order valence-electron chi connectivity index (χ0n) is 21.4. The molecule has 0 radical (unpaired) electrons. The summed E-state index contributed by atoms with van der Waals surface area (Å²) in [4.78, 5) is 24.9. The Labute approximate surface area is 222 Å². The Hall–Kier alpha value is -4.20. The summed E-state index contributed by atoms with van der Waals surface area (Å²) < 4.78 is 37.1. The molecule has 39 heavy (non-hydrogen) atoms. The molecule has 2 aliphatic rings. The summed E-state index contributed by atoms with van der Waals surface area (Å²) in [6, 6.07) is 4.28. The number of aliphatic hydroxyl groups excluding tert-OH is 2. The topological polar surface area (TPSA) is 180 Å². The molecule has 5 atom stereocenters. The van der Waals surface area contributed by atoms with E-state index in [4.69, 9.17) is 33.2 Å². The molecule has 4 rings (SSSR count). The van der Waals surface area contributed by atoms with Gasteiger partial charge in [0, 0.05) is 11.6 Å². The number of ether oxygens (including phenoxy) is 7. The second-order valence-electron chi connectivity index (χ2n) is 8.61. The molecule has 210 valence electrons. The SMILES string of the molecule is COc1cc(/C=C/C(=O)OC[C@H]2O[C@H]3c4c(cc(O)c(OC)c4O)C(=O)O[C@@H]3[C@@H](O)[C@@H]2O)cc(OC)c1OC. The van der Waals surface area contributed by atoms with Gasteiger partial charge in [-0.1, -0.05) is 0 Å². The molecule has 0 bridgehead atoms. The third-order valence-electron chi connectivity index (χ3n) is 6.40. The van der Waals surface area contributed by atoms with Gasteiger partial charge in [0.1, 0.15) is 31.0 Å². The molecule has 0 unspecified atom stereocenters. The van der Waals surface area contributed by atoms with E-state index in [1.165, 1.54) is 34.5 Å². The van der Waals surface area contributed by atoms with Gasteiger partial charge in [-0.25, -0.2) is 9.59 Å². The summed E-state index contributed by atoms with van der Waals surface area (Å²) >= 11 is 0. The summed E-state index contributed by atoms with van der Waals surface area (Å²) in [5, 5.41) is 42.0. The first-order valence-electron chi connectivity index (χ1n) is 11.6. The minimum Gasteiger partial charge on any atom is -0.504 e. The van der Waals surface area contributed by atoms with Crippen molar-refractivity contribution in [1.82, 2.24) is 0 Å². The monoisotopic (exact) mass is 548 g/mol. The normalized spacial score (nSPS) is 23.8. The molecule has 2 aromatic carbocycles. The molecule has 0 aromatic heterocycles. The van der Waals surface area contributed by atoms with Gasteiger partial charge in [-0.15, -0.1) is 0 Å². The highest BCUT2D eigenvalue weighted by atomic mass is 16.6. The number of esters is 2. The molecule has 4 N–H and O–H groups in total. The van der Waals surface area contributed by atoms with E-state index in [1.54, 1.807) is 12.1 Å².